The maximum Gasteiger partial charge on any atom is 0.238 e. The number of carbonyl (C=O) groups is 1. The molecule has 0 saturated heterocycles. The van der Waals surface area contributed by atoms with E-state index in [4.69, 9.17) is 0 Å². The SMILES string of the molecule is CCSC(=O)c1nc(Br)ccc1SCC. The van der Waals surface area contributed by atoms with Crippen molar-refractivity contribution in [1.29, 1.82) is 0 Å². The number of aromatic nitrogens is 1. The van der Waals surface area contributed by atoms with Gasteiger partial charge in [0, 0.05) is 4.90 Å². The zero-order chi connectivity index (χ0) is 11.3. The van der Waals surface area contributed by atoms with Gasteiger partial charge in [0.05, 0.1) is 0 Å². The van der Waals surface area contributed by atoms with E-state index in [1.165, 1.54) is 11.8 Å². The minimum absolute atomic E-state index is 0.0507. The monoisotopic (exact) mass is 305 g/mol. The summed E-state index contributed by atoms with van der Waals surface area (Å²) in [5.41, 5.74) is 0.572. The smallest absolute Gasteiger partial charge is 0.238 e. The van der Waals surface area contributed by atoms with E-state index in [1.54, 1.807) is 11.8 Å². The van der Waals surface area contributed by atoms with Gasteiger partial charge in [-0.3, -0.25) is 4.79 Å². The largest absolute Gasteiger partial charge is 0.280 e. The lowest BCUT2D eigenvalue weighted by Gasteiger charge is -2.05. The highest BCUT2D eigenvalue weighted by Gasteiger charge is 2.13. The number of pyridine rings is 1. The molecule has 0 N–H and O–H groups in total. The molecule has 0 unspecified atom stereocenters. The summed E-state index contributed by atoms with van der Waals surface area (Å²) >= 11 is 6.23. The van der Waals surface area contributed by atoms with Crippen LogP contribution in [0.25, 0.3) is 0 Å². The van der Waals surface area contributed by atoms with E-state index in [0.717, 1.165) is 16.4 Å². The molecule has 2 nitrogen and oxygen atoms in total. The van der Waals surface area contributed by atoms with Gasteiger partial charge >= 0.3 is 0 Å². The van der Waals surface area contributed by atoms with E-state index in [9.17, 15) is 4.79 Å². The van der Waals surface area contributed by atoms with Gasteiger partial charge in [0.15, 0.2) is 0 Å². The summed E-state index contributed by atoms with van der Waals surface area (Å²) in [6.45, 7) is 4.03. The average molecular weight is 306 g/mol. The van der Waals surface area contributed by atoms with Gasteiger partial charge in [0.2, 0.25) is 5.12 Å². The summed E-state index contributed by atoms with van der Waals surface area (Å²) in [5, 5.41) is 0.0507. The standard InChI is InChI=1S/C10H12BrNOS2/c1-3-14-7-5-6-8(11)12-9(7)10(13)15-4-2/h5-6H,3-4H2,1-2H3. The number of hydrogen-bond acceptors (Lipinski definition) is 4. The lowest BCUT2D eigenvalue weighted by Crippen LogP contribution is -2.01. The Bertz CT molecular complexity index is 357. The molecule has 0 aliphatic carbocycles. The van der Waals surface area contributed by atoms with Crippen LogP contribution < -0.4 is 0 Å². The first-order chi connectivity index (χ1) is 7.19. The fraction of sp³-hybridized carbons (Fsp3) is 0.400. The van der Waals surface area contributed by atoms with E-state index in [1.807, 2.05) is 19.1 Å². The van der Waals surface area contributed by atoms with Crippen LogP contribution in [0, 0.1) is 0 Å². The van der Waals surface area contributed by atoms with Gasteiger partial charge in [0.25, 0.3) is 0 Å². The average Bonchev–Trinajstić information content (AvgIpc) is 2.21. The number of carbonyl (C=O) groups excluding carboxylic acids is 1. The van der Waals surface area contributed by atoms with Crippen molar-refractivity contribution < 1.29 is 4.79 Å². The molecular formula is C10H12BrNOS2. The highest BCUT2D eigenvalue weighted by Crippen LogP contribution is 2.26. The first-order valence-corrected chi connectivity index (χ1v) is 7.42. The Morgan fingerprint density at radius 1 is 1.40 bits per heavy atom. The van der Waals surface area contributed by atoms with Crippen LogP contribution in [0.15, 0.2) is 21.6 Å². The third-order valence-corrected chi connectivity index (χ3v) is 3.71. The lowest BCUT2D eigenvalue weighted by atomic mass is 10.4. The molecule has 15 heavy (non-hydrogen) atoms. The van der Waals surface area contributed by atoms with Crippen LogP contribution in [0.3, 0.4) is 0 Å². The van der Waals surface area contributed by atoms with E-state index in [0.29, 0.717) is 10.3 Å². The molecule has 1 aromatic rings. The van der Waals surface area contributed by atoms with Crippen LogP contribution in [-0.4, -0.2) is 21.6 Å². The number of thioether (sulfide) groups is 2. The molecule has 0 atom stereocenters. The predicted octanol–water partition coefficient (Wildman–Crippen LogP) is 3.85. The van der Waals surface area contributed by atoms with E-state index in [2.05, 4.69) is 27.8 Å². The van der Waals surface area contributed by atoms with Gasteiger partial charge in [-0.1, -0.05) is 25.6 Å². The lowest BCUT2D eigenvalue weighted by molar-refractivity contribution is 0.108. The van der Waals surface area contributed by atoms with Crippen molar-refractivity contribution in [3.63, 3.8) is 0 Å². The van der Waals surface area contributed by atoms with Crippen molar-refractivity contribution in [3.05, 3.63) is 22.4 Å². The zero-order valence-electron chi connectivity index (χ0n) is 8.62. The van der Waals surface area contributed by atoms with Crippen molar-refractivity contribution in [3.8, 4) is 0 Å². The number of halogens is 1. The molecule has 0 spiro atoms. The maximum atomic E-state index is 11.8. The molecule has 0 aliphatic heterocycles. The molecule has 1 rings (SSSR count). The van der Waals surface area contributed by atoms with Crippen LogP contribution in [0.1, 0.15) is 24.3 Å². The zero-order valence-corrected chi connectivity index (χ0v) is 11.8. The van der Waals surface area contributed by atoms with Gasteiger partial charge in [0.1, 0.15) is 10.3 Å². The first kappa shape index (κ1) is 13.1. The number of rotatable bonds is 4. The topological polar surface area (TPSA) is 30.0 Å². The minimum Gasteiger partial charge on any atom is -0.280 e. The van der Waals surface area contributed by atoms with E-state index in [-0.39, 0.29) is 5.12 Å². The molecular weight excluding hydrogens is 294 g/mol. The highest BCUT2D eigenvalue weighted by molar-refractivity contribution is 9.10. The van der Waals surface area contributed by atoms with Crippen molar-refractivity contribution in [2.45, 2.75) is 18.7 Å². The molecule has 1 heterocycles. The van der Waals surface area contributed by atoms with Gasteiger partial charge in [-0.2, -0.15) is 0 Å². The summed E-state index contributed by atoms with van der Waals surface area (Å²) in [4.78, 5) is 17.0. The summed E-state index contributed by atoms with van der Waals surface area (Å²) in [6.07, 6.45) is 0. The van der Waals surface area contributed by atoms with Crippen LogP contribution in [0.5, 0.6) is 0 Å². The molecule has 0 radical (unpaired) electrons. The Kier molecular flexibility index (Phi) is 5.71. The maximum absolute atomic E-state index is 11.8. The Morgan fingerprint density at radius 3 is 2.73 bits per heavy atom. The van der Waals surface area contributed by atoms with Gasteiger partial charge in [-0.15, -0.1) is 11.8 Å². The van der Waals surface area contributed by atoms with E-state index < -0.39 is 0 Å². The summed E-state index contributed by atoms with van der Waals surface area (Å²) in [6, 6.07) is 3.81. The molecule has 82 valence electrons. The molecule has 0 saturated carbocycles. The van der Waals surface area contributed by atoms with Gasteiger partial charge < -0.3 is 0 Å². The summed E-state index contributed by atoms with van der Waals surface area (Å²) < 4.78 is 0.711. The third kappa shape index (κ3) is 3.81. The second-order valence-electron chi connectivity index (χ2n) is 2.63. The Balaban J connectivity index is 3.00. The van der Waals surface area contributed by atoms with Crippen molar-refractivity contribution in [2.75, 3.05) is 11.5 Å². The molecule has 1 aromatic heterocycles. The Labute approximate surface area is 107 Å². The van der Waals surface area contributed by atoms with Crippen LogP contribution >= 0.6 is 39.5 Å². The van der Waals surface area contributed by atoms with Crippen molar-refractivity contribution in [1.82, 2.24) is 4.98 Å². The van der Waals surface area contributed by atoms with E-state index >= 15 is 0 Å². The predicted molar refractivity (Wildman–Crippen MR) is 70.8 cm³/mol. The second-order valence-corrected chi connectivity index (χ2v) is 5.99. The van der Waals surface area contributed by atoms with Crippen LogP contribution in [-0.2, 0) is 0 Å². The quantitative estimate of drug-likeness (QED) is 0.624. The fourth-order valence-electron chi connectivity index (χ4n) is 1.04. The number of nitrogens with zero attached hydrogens (tertiary/aromatic N) is 1. The van der Waals surface area contributed by atoms with Gasteiger partial charge in [-0.05, 0) is 39.6 Å². The Hall–Kier alpha value is -0.000000000000000111. The van der Waals surface area contributed by atoms with Crippen LogP contribution in [0.4, 0.5) is 0 Å². The first-order valence-electron chi connectivity index (χ1n) is 4.65. The summed E-state index contributed by atoms with van der Waals surface area (Å²) in [5.74, 6) is 1.73. The summed E-state index contributed by atoms with van der Waals surface area (Å²) in [7, 11) is 0. The highest BCUT2D eigenvalue weighted by atomic mass is 79.9. The third-order valence-electron chi connectivity index (χ3n) is 1.59. The molecule has 0 fully saturated rings. The molecule has 0 bridgehead atoms. The van der Waals surface area contributed by atoms with Gasteiger partial charge in [-0.25, -0.2) is 4.98 Å². The van der Waals surface area contributed by atoms with Crippen molar-refractivity contribution >= 4 is 44.6 Å². The minimum atomic E-state index is 0.0507. The second kappa shape index (κ2) is 6.55. The molecule has 0 aliphatic rings. The molecule has 5 heteroatoms. The fourth-order valence-corrected chi connectivity index (χ4v) is 2.72. The number of hydrogen-bond donors (Lipinski definition) is 0. The molecule has 0 aromatic carbocycles. The van der Waals surface area contributed by atoms with Crippen molar-refractivity contribution in [2.24, 2.45) is 0 Å². The Morgan fingerprint density at radius 2 is 2.13 bits per heavy atom. The normalized spacial score (nSPS) is 10.3. The van der Waals surface area contributed by atoms with Crippen LogP contribution in [0.2, 0.25) is 0 Å². The molecule has 0 amide bonds.